The van der Waals surface area contributed by atoms with Crippen molar-refractivity contribution in [2.45, 2.75) is 18.2 Å². The Morgan fingerprint density at radius 3 is 2.42 bits per heavy atom. The summed E-state index contributed by atoms with van der Waals surface area (Å²) < 4.78 is 32.3. The Balaban J connectivity index is 1.51. The van der Waals surface area contributed by atoms with Gasteiger partial charge in [0, 0.05) is 52.2 Å². The van der Waals surface area contributed by atoms with Gasteiger partial charge in [-0.1, -0.05) is 12.1 Å². The molecule has 2 fully saturated rings. The number of ether oxygens (including phenoxy) is 1. The number of carbonyl (C=O) groups excluding carboxylic acids is 1. The number of hydrogen-bond donors (Lipinski definition) is 0. The first-order chi connectivity index (χ1) is 12.5. The molecule has 2 heterocycles. The molecule has 0 atom stereocenters. The monoisotopic (exact) mass is 381 g/mol. The molecule has 1 aromatic carbocycles. The molecule has 26 heavy (non-hydrogen) atoms. The number of piperazine rings is 1. The van der Waals surface area contributed by atoms with Crippen LogP contribution in [0, 0.1) is 6.92 Å². The second kappa shape index (κ2) is 8.47. The van der Waals surface area contributed by atoms with Crippen LogP contribution in [0.15, 0.2) is 29.2 Å². The van der Waals surface area contributed by atoms with Gasteiger partial charge in [-0.15, -0.1) is 0 Å². The van der Waals surface area contributed by atoms with Gasteiger partial charge in [-0.2, -0.15) is 4.31 Å². The average molecular weight is 381 g/mol. The predicted octanol–water partition coefficient (Wildman–Crippen LogP) is 0.550. The van der Waals surface area contributed by atoms with Crippen molar-refractivity contribution in [1.82, 2.24) is 14.1 Å². The van der Waals surface area contributed by atoms with E-state index in [1.54, 1.807) is 23.1 Å². The number of carbonyl (C=O) groups is 1. The largest absolute Gasteiger partial charge is 0.379 e. The van der Waals surface area contributed by atoms with E-state index in [4.69, 9.17) is 4.74 Å². The van der Waals surface area contributed by atoms with Gasteiger partial charge in [-0.3, -0.25) is 9.69 Å². The molecule has 2 aliphatic heterocycles. The van der Waals surface area contributed by atoms with Crippen molar-refractivity contribution in [2.75, 3.05) is 59.0 Å². The maximum atomic E-state index is 12.8. The number of amides is 1. The number of rotatable bonds is 5. The maximum absolute atomic E-state index is 12.8. The lowest BCUT2D eigenvalue weighted by atomic mass is 10.2. The van der Waals surface area contributed by atoms with Crippen molar-refractivity contribution in [1.29, 1.82) is 0 Å². The highest BCUT2D eigenvalue weighted by Gasteiger charge is 2.30. The number of benzene rings is 1. The van der Waals surface area contributed by atoms with Gasteiger partial charge < -0.3 is 9.64 Å². The molecule has 0 unspecified atom stereocenters. The van der Waals surface area contributed by atoms with Crippen LogP contribution in [0.3, 0.4) is 0 Å². The SMILES string of the molecule is Cc1cccc(S(=O)(=O)N2CCN(C(=O)CCN3CCOCC3)CC2)c1. The summed E-state index contributed by atoms with van der Waals surface area (Å²) in [6.45, 7) is 7.41. The van der Waals surface area contributed by atoms with Gasteiger partial charge in [-0.05, 0) is 24.6 Å². The van der Waals surface area contributed by atoms with Crippen molar-refractivity contribution in [3.8, 4) is 0 Å². The summed E-state index contributed by atoms with van der Waals surface area (Å²) in [5.41, 5.74) is 0.919. The molecular weight excluding hydrogens is 354 g/mol. The molecule has 0 aromatic heterocycles. The molecule has 144 valence electrons. The molecule has 1 aromatic rings. The third kappa shape index (κ3) is 4.62. The third-order valence-electron chi connectivity index (χ3n) is 4.96. The molecule has 3 rings (SSSR count). The first kappa shape index (κ1) is 19.3. The van der Waals surface area contributed by atoms with Gasteiger partial charge in [0.1, 0.15) is 0 Å². The minimum Gasteiger partial charge on any atom is -0.379 e. The van der Waals surface area contributed by atoms with E-state index in [1.165, 1.54) is 4.31 Å². The van der Waals surface area contributed by atoms with Crippen molar-refractivity contribution >= 4 is 15.9 Å². The van der Waals surface area contributed by atoms with Crippen molar-refractivity contribution in [3.63, 3.8) is 0 Å². The van der Waals surface area contributed by atoms with E-state index in [-0.39, 0.29) is 5.91 Å². The molecule has 0 aliphatic carbocycles. The van der Waals surface area contributed by atoms with Gasteiger partial charge in [0.15, 0.2) is 0 Å². The standard InChI is InChI=1S/C18H27N3O4S/c1-16-3-2-4-17(15-16)26(23,24)21-9-7-20(8-10-21)18(22)5-6-19-11-13-25-14-12-19/h2-4,15H,5-14H2,1H3. The number of hydrogen-bond acceptors (Lipinski definition) is 5. The van der Waals surface area contributed by atoms with Crippen molar-refractivity contribution in [3.05, 3.63) is 29.8 Å². The lowest BCUT2D eigenvalue weighted by Gasteiger charge is -2.34. The van der Waals surface area contributed by atoms with Crippen LogP contribution < -0.4 is 0 Å². The topological polar surface area (TPSA) is 70.2 Å². The fourth-order valence-electron chi connectivity index (χ4n) is 3.34. The predicted molar refractivity (Wildman–Crippen MR) is 98.4 cm³/mol. The number of sulfonamides is 1. The minimum atomic E-state index is -3.49. The quantitative estimate of drug-likeness (QED) is 0.745. The van der Waals surface area contributed by atoms with Crippen LogP contribution in [0.25, 0.3) is 0 Å². The summed E-state index contributed by atoms with van der Waals surface area (Å²) in [5.74, 6) is 0.101. The summed E-state index contributed by atoms with van der Waals surface area (Å²) >= 11 is 0. The van der Waals surface area contributed by atoms with E-state index in [1.807, 2.05) is 13.0 Å². The zero-order valence-corrected chi connectivity index (χ0v) is 16.1. The van der Waals surface area contributed by atoms with Crippen LogP contribution in [0.2, 0.25) is 0 Å². The average Bonchev–Trinajstić information content (AvgIpc) is 2.67. The highest BCUT2D eigenvalue weighted by atomic mass is 32.2. The van der Waals surface area contributed by atoms with E-state index < -0.39 is 10.0 Å². The second-order valence-corrected chi connectivity index (χ2v) is 8.74. The van der Waals surface area contributed by atoms with Crippen LogP contribution >= 0.6 is 0 Å². The molecule has 0 spiro atoms. The molecular formula is C18H27N3O4S. The summed E-state index contributed by atoms with van der Waals surface area (Å²) in [5, 5.41) is 0. The molecule has 7 nitrogen and oxygen atoms in total. The molecule has 0 bridgehead atoms. The fraction of sp³-hybridized carbons (Fsp3) is 0.611. The first-order valence-corrected chi connectivity index (χ1v) is 10.6. The van der Waals surface area contributed by atoms with Crippen molar-refractivity contribution in [2.24, 2.45) is 0 Å². The lowest BCUT2D eigenvalue weighted by molar-refractivity contribution is -0.133. The van der Waals surface area contributed by atoms with E-state index in [2.05, 4.69) is 4.90 Å². The Bertz CT molecular complexity index is 724. The third-order valence-corrected chi connectivity index (χ3v) is 6.86. The number of nitrogens with zero attached hydrogens (tertiary/aromatic N) is 3. The Hall–Kier alpha value is -1.48. The Labute approximate surface area is 155 Å². The summed E-state index contributed by atoms with van der Waals surface area (Å²) in [6, 6.07) is 6.95. The van der Waals surface area contributed by atoms with Crippen LogP contribution in [0.4, 0.5) is 0 Å². The van der Waals surface area contributed by atoms with Crippen LogP contribution in [0.5, 0.6) is 0 Å². The molecule has 8 heteroatoms. The number of aryl methyl sites for hydroxylation is 1. The summed E-state index contributed by atoms with van der Waals surface area (Å²) in [4.78, 5) is 16.8. The minimum absolute atomic E-state index is 0.101. The van der Waals surface area contributed by atoms with Gasteiger partial charge in [-0.25, -0.2) is 8.42 Å². The summed E-state index contributed by atoms with van der Waals surface area (Å²) in [6.07, 6.45) is 0.477. The first-order valence-electron chi connectivity index (χ1n) is 9.11. The molecule has 0 N–H and O–H groups in total. The van der Waals surface area contributed by atoms with E-state index in [0.29, 0.717) is 37.5 Å². The Morgan fingerprint density at radius 1 is 1.08 bits per heavy atom. The van der Waals surface area contributed by atoms with Crippen LogP contribution in [0.1, 0.15) is 12.0 Å². The molecule has 2 aliphatic rings. The Morgan fingerprint density at radius 2 is 1.77 bits per heavy atom. The normalized spacial score (nSPS) is 20.3. The van der Waals surface area contributed by atoms with E-state index in [9.17, 15) is 13.2 Å². The zero-order valence-electron chi connectivity index (χ0n) is 15.3. The zero-order chi connectivity index (χ0) is 18.6. The van der Waals surface area contributed by atoms with Gasteiger partial charge in [0.2, 0.25) is 15.9 Å². The van der Waals surface area contributed by atoms with Crippen LogP contribution in [-0.2, 0) is 19.6 Å². The second-order valence-electron chi connectivity index (χ2n) is 6.81. The summed E-state index contributed by atoms with van der Waals surface area (Å²) in [7, 11) is -3.49. The highest BCUT2D eigenvalue weighted by molar-refractivity contribution is 7.89. The van der Waals surface area contributed by atoms with E-state index >= 15 is 0 Å². The molecule has 0 radical (unpaired) electrons. The lowest BCUT2D eigenvalue weighted by Crippen LogP contribution is -2.51. The van der Waals surface area contributed by atoms with Gasteiger partial charge >= 0.3 is 0 Å². The Kier molecular flexibility index (Phi) is 6.29. The maximum Gasteiger partial charge on any atom is 0.243 e. The van der Waals surface area contributed by atoms with E-state index in [0.717, 1.165) is 38.4 Å². The highest BCUT2D eigenvalue weighted by Crippen LogP contribution is 2.19. The fourth-order valence-corrected chi connectivity index (χ4v) is 4.87. The molecule has 2 saturated heterocycles. The molecule has 0 saturated carbocycles. The van der Waals surface area contributed by atoms with Gasteiger partial charge in [0.05, 0.1) is 18.1 Å². The number of morpholine rings is 1. The van der Waals surface area contributed by atoms with Crippen LogP contribution in [-0.4, -0.2) is 87.5 Å². The van der Waals surface area contributed by atoms with Crippen molar-refractivity contribution < 1.29 is 17.9 Å². The smallest absolute Gasteiger partial charge is 0.243 e. The van der Waals surface area contributed by atoms with Gasteiger partial charge in [0.25, 0.3) is 0 Å². The molecule has 1 amide bonds.